The molecule has 3 heteroatoms. The molecule has 1 rings (SSSR count). The maximum Gasteiger partial charge on any atom is 0.220 e. The van der Waals surface area contributed by atoms with Crippen LogP contribution in [0.5, 0.6) is 0 Å². The van der Waals surface area contributed by atoms with Crippen molar-refractivity contribution in [3.05, 3.63) is 35.4 Å². The van der Waals surface area contributed by atoms with Gasteiger partial charge in [-0.15, -0.1) is 0 Å². The molecule has 0 fully saturated rings. The Kier molecular flexibility index (Phi) is 5.68. The first-order chi connectivity index (χ1) is 7.22. The summed E-state index contributed by atoms with van der Waals surface area (Å²) >= 11 is 2.25. The third kappa shape index (κ3) is 5.16. The van der Waals surface area contributed by atoms with E-state index < -0.39 is 0 Å². The molecule has 0 saturated carbocycles. The molecular formula is C12H16INO. The van der Waals surface area contributed by atoms with Gasteiger partial charge in [0.05, 0.1) is 0 Å². The van der Waals surface area contributed by atoms with Crippen LogP contribution in [0.25, 0.3) is 0 Å². The van der Waals surface area contributed by atoms with Crippen molar-refractivity contribution in [1.82, 2.24) is 5.32 Å². The Morgan fingerprint density at radius 3 is 2.60 bits per heavy atom. The standard InChI is InChI=1S/C12H16INO/c1-10-2-4-11(5-3-10)6-7-12(15)14-9-8-13/h2-5H,6-9H2,1H3,(H,14,15). The second-order valence-electron chi connectivity index (χ2n) is 3.52. The molecule has 0 radical (unpaired) electrons. The highest BCUT2D eigenvalue weighted by molar-refractivity contribution is 14.1. The van der Waals surface area contributed by atoms with Gasteiger partial charge in [-0.3, -0.25) is 4.79 Å². The third-order valence-corrected chi connectivity index (χ3v) is 2.72. The van der Waals surface area contributed by atoms with E-state index in [2.05, 4.69) is 59.1 Å². The Morgan fingerprint density at radius 2 is 2.00 bits per heavy atom. The predicted octanol–water partition coefficient (Wildman–Crippen LogP) is 2.48. The number of hydrogen-bond donors (Lipinski definition) is 1. The lowest BCUT2D eigenvalue weighted by molar-refractivity contribution is -0.120. The quantitative estimate of drug-likeness (QED) is 0.656. The number of halogens is 1. The van der Waals surface area contributed by atoms with Crippen LogP contribution in [0, 0.1) is 6.92 Å². The number of rotatable bonds is 5. The van der Waals surface area contributed by atoms with Crippen LogP contribution in [-0.2, 0) is 11.2 Å². The molecular weight excluding hydrogens is 301 g/mol. The minimum atomic E-state index is 0.146. The van der Waals surface area contributed by atoms with Crippen molar-refractivity contribution >= 4 is 28.5 Å². The third-order valence-electron chi connectivity index (χ3n) is 2.18. The Labute approximate surface area is 105 Å². The molecule has 0 aliphatic heterocycles. The van der Waals surface area contributed by atoms with E-state index in [1.54, 1.807) is 0 Å². The molecule has 0 aromatic heterocycles. The first-order valence-corrected chi connectivity index (χ1v) is 6.63. The van der Waals surface area contributed by atoms with Gasteiger partial charge in [-0.05, 0) is 18.9 Å². The van der Waals surface area contributed by atoms with Gasteiger partial charge in [0.1, 0.15) is 0 Å². The van der Waals surface area contributed by atoms with Gasteiger partial charge < -0.3 is 5.32 Å². The summed E-state index contributed by atoms with van der Waals surface area (Å²) in [6.45, 7) is 2.84. The van der Waals surface area contributed by atoms with E-state index in [0.29, 0.717) is 6.42 Å². The maximum atomic E-state index is 11.3. The van der Waals surface area contributed by atoms with Crippen LogP contribution in [0.3, 0.4) is 0 Å². The van der Waals surface area contributed by atoms with Gasteiger partial charge in [0, 0.05) is 17.4 Å². The molecule has 0 spiro atoms. The number of aryl methyl sites for hydroxylation is 2. The van der Waals surface area contributed by atoms with Crippen molar-refractivity contribution in [2.24, 2.45) is 0 Å². The second-order valence-corrected chi connectivity index (χ2v) is 4.60. The summed E-state index contributed by atoms with van der Waals surface area (Å²) in [6, 6.07) is 8.33. The summed E-state index contributed by atoms with van der Waals surface area (Å²) in [5.41, 5.74) is 2.48. The minimum absolute atomic E-state index is 0.146. The van der Waals surface area contributed by atoms with E-state index >= 15 is 0 Å². The van der Waals surface area contributed by atoms with Crippen molar-refractivity contribution in [1.29, 1.82) is 0 Å². The molecule has 15 heavy (non-hydrogen) atoms. The van der Waals surface area contributed by atoms with E-state index in [1.165, 1.54) is 11.1 Å². The molecule has 1 N–H and O–H groups in total. The fourth-order valence-corrected chi connectivity index (χ4v) is 1.56. The lowest BCUT2D eigenvalue weighted by atomic mass is 10.1. The molecule has 1 aromatic carbocycles. The van der Waals surface area contributed by atoms with Crippen LogP contribution >= 0.6 is 22.6 Å². The highest BCUT2D eigenvalue weighted by atomic mass is 127. The van der Waals surface area contributed by atoms with Crippen LogP contribution in [0.15, 0.2) is 24.3 Å². The number of benzene rings is 1. The first-order valence-electron chi connectivity index (χ1n) is 5.10. The van der Waals surface area contributed by atoms with Crippen molar-refractivity contribution < 1.29 is 4.79 Å². The molecule has 0 unspecified atom stereocenters. The summed E-state index contributed by atoms with van der Waals surface area (Å²) in [6.07, 6.45) is 1.41. The maximum absolute atomic E-state index is 11.3. The number of amides is 1. The van der Waals surface area contributed by atoms with Gasteiger partial charge in [-0.1, -0.05) is 52.4 Å². The zero-order valence-corrected chi connectivity index (χ0v) is 11.1. The zero-order valence-electron chi connectivity index (χ0n) is 8.92. The van der Waals surface area contributed by atoms with Gasteiger partial charge in [0.2, 0.25) is 5.91 Å². The van der Waals surface area contributed by atoms with Crippen molar-refractivity contribution in [3.8, 4) is 0 Å². The predicted molar refractivity (Wildman–Crippen MR) is 71.4 cm³/mol. The summed E-state index contributed by atoms with van der Waals surface area (Å²) in [5.74, 6) is 0.146. The molecule has 0 aliphatic carbocycles. The van der Waals surface area contributed by atoms with Gasteiger partial charge in [-0.2, -0.15) is 0 Å². The average Bonchev–Trinajstić information content (AvgIpc) is 2.25. The average molecular weight is 317 g/mol. The Morgan fingerprint density at radius 1 is 1.33 bits per heavy atom. The van der Waals surface area contributed by atoms with E-state index in [0.717, 1.165) is 17.4 Å². The van der Waals surface area contributed by atoms with Crippen LogP contribution < -0.4 is 5.32 Å². The zero-order chi connectivity index (χ0) is 11.1. The lowest BCUT2D eigenvalue weighted by Gasteiger charge is -2.03. The van der Waals surface area contributed by atoms with E-state index in [9.17, 15) is 4.79 Å². The highest BCUT2D eigenvalue weighted by Crippen LogP contribution is 2.05. The minimum Gasteiger partial charge on any atom is -0.355 e. The topological polar surface area (TPSA) is 29.1 Å². The van der Waals surface area contributed by atoms with Crippen molar-refractivity contribution in [2.45, 2.75) is 19.8 Å². The molecule has 0 saturated heterocycles. The summed E-state index contributed by atoms with van der Waals surface area (Å²) < 4.78 is 0.966. The summed E-state index contributed by atoms with van der Waals surface area (Å²) in [7, 11) is 0. The van der Waals surface area contributed by atoms with Gasteiger partial charge >= 0.3 is 0 Å². The summed E-state index contributed by atoms with van der Waals surface area (Å²) in [4.78, 5) is 11.3. The van der Waals surface area contributed by atoms with E-state index in [1.807, 2.05) is 0 Å². The first kappa shape index (κ1) is 12.5. The van der Waals surface area contributed by atoms with Gasteiger partial charge in [0.25, 0.3) is 0 Å². The Hall–Kier alpha value is -0.580. The Bertz CT molecular complexity index is 308. The molecule has 1 aromatic rings. The van der Waals surface area contributed by atoms with E-state index in [4.69, 9.17) is 0 Å². The highest BCUT2D eigenvalue weighted by Gasteiger charge is 2.00. The molecule has 1 amide bonds. The molecule has 0 atom stereocenters. The fourth-order valence-electron chi connectivity index (χ4n) is 1.29. The number of carbonyl (C=O) groups excluding carboxylic acids is 1. The monoisotopic (exact) mass is 317 g/mol. The number of alkyl halides is 1. The number of carbonyl (C=O) groups is 1. The lowest BCUT2D eigenvalue weighted by Crippen LogP contribution is -2.25. The van der Waals surface area contributed by atoms with Crippen LogP contribution in [0.1, 0.15) is 17.5 Å². The molecule has 82 valence electrons. The second kappa shape index (κ2) is 6.82. The molecule has 0 aliphatic rings. The number of nitrogens with one attached hydrogen (secondary N) is 1. The van der Waals surface area contributed by atoms with Crippen molar-refractivity contribution in [3.63, 3.8) is 0 Å². The van der Waals surface area contributed by atoms with Gasteiger partial charge in [-0.25, -0.2) is 0 Å². The Balaban J connectivity index is 2.30. The normalized spacial score (nSPS) is 10.0. The largest absolute Gasteiger partial charge is 0.355 e. The van der Waals surface area contributed by atoms with Crippen LogP contribution in [0.2, 0.25) is 0 Å². The smallest absolute Gasteiger partial charge is 0.220 e. The van der Waals surface area contributed by atoms with Crippen LogP contribution in [0.4, 0.5) is 0 Å². The summed E-state index contributed by atoms with van der Waals surface area (Å²) in [5, 5.41) is 2.87. The van der Waals surface area contributed by atoms with Crippen molar-refractivity contribution in [2.75, 3.05) is 11.0 Å². The molecule has 0 bridgehead atoms. The van der Waals surface area contributed by atoms with Gasteiger partial charge in [0.15, 0.2) is 0 Å². The number of hydrogen-bond acceptors (Lipinski definition) is 1. The SMILES string of the molecule is Cc1ccc(CCC(=O)NCCI)cc1. The fraction of sp³-hybridized carbons (Fsp3) is 0.417. The molecule has 2 nitrogen and oxygen atoms in total. The van der Waals surface area contributed by atoms with Crippen LogP contribution in [-0.4, -0.2) is 16.9 Å². The van der Waals surface area contributed by atoms with E-state index in [-0.39, 0.29) is 5.91 Å². The molecule has 0 heterocycles.